The van der Waals surface area contributed by atoms with Gasteiger partial charge in [-0.1, -0.05) is 0 Å². The molecule has 110 valence electrons. The lowest BCUT2D eigenvalue weighted by Crippen LogP contribution is -2.12. The Labute approximate surface area is 121 Å². The molecule has 0 bridgehead atoms. The SMILES string of the molecule is COc1ccc(NC(=O)c2ccc(F)c(N)c2)cc1OC. The first-order chi connectivity index (χ1) is 10.0. The molecule has 6 heteroatoms. The number of benzene rings is 2. The Hall–Kier alpha value is -2.76. The van der Waals surface area contributed by atoms with Gasteiger partial charge in [-0.3, -0.25) is 4.79 Å². The van der Waals surface area contributed by atoms with Crippen LogP contribution in [0.3, 0.4) is 0 Å². The van der Waals surface area contributed by atoms with E-state index >= 15 is 0 Å². The predicted octanol–water partition coefficient (Wildman–Crippen LogP) is 2.68. The first-order valence-electron chi connectivity index (χ1n) is 6.13. The molecule has 0 heterocycles. The van der Waals surface area contributed by atoms with E-state index in [1.54, 1.807) is 18.2 Å². The number of hydrogen-bond acceptors (Lipinski definition) is 4. The van der Waals surface area contributed by atoms with Crippen LogP contribution < -0.4 is 20.5 Å². The van der Waals surface area contributed by atoms with Crippen LogP contribution in [0.1, 0.15) is 10.4 Å². The number of amides is 1. The molecule has 2 aromatic carbocycles. The van der Waals surface area contributed by atoms with Crippen LogP contribution in [0.15, 0.2) is 36.4 Å². The van der Waals surface area contributed by atoms with E-state index in [-0.39, 0.29) is 11.3 Å². The van der Waals surface area contributed by atoms with Crippen molar-refractivity contribution in [2.75, 3.05) is 25.3 Å². The minimum Gasteiger partial charge on any atom is -0.493 e. The summed E-state index contributed by atoms with van der Waals surface area (Å²) in [5.41, 5.74) is 6.17. The van der Waals surface area contributed by atoms with Crippen molar-refractivity contribution in [3.63, 3.8) is 0 Å². The van der Waals surface area contributed by atoms with Crippen LogP contribution in [0.5, 0.6) is 11.5 Å². The third-order valence-electron chi connectivity index (χ3n) is 2.90. The molecule has 1 amide bonds. The third-order valence-corrected chi connectivity index (χ3v) is 2.90. The molecule has 0 unspecified atom stereocenters. The Morgan fingerprint density at radius 3 is 2.43 bits per heavy atom. The highest BCUT2D eigenvalue weighted by Crippen LogP contribution is 2.30. The van der Waals surface area contributed by atoms with Crippen LogP contribution >= 0.6 is 0 Å². The molecule has 0 spiro atoms. The largest absolute Gasteiger partial charge is 0.493 e. The molecule has 5 nitrogen and oxygen atoms in total. The topological polar surface area (TPSA) is 73.6 Å². The zero-order valence-corrected chi connectivity index (χ0v) is 11.6. The highest BCUT2D eigenvalue weighted by Gasteiger charge is 2.10. The maximum Gasteiger partial charge on any atom is 0.255 e. The van der Waals surface area contributed by atoms with Gasteiger partial charge in [0.15, 0.2) is 11.5 Å². The molecule has 3 N–H and O–H groups in total. The van der Waals surface area contributed by atoms with Crippen LogP contribution in [0.4, 0.5) is 15.8 Å². The van der Waals surface area contributed by atoms with Crippen molar-refractivity contribution in [3.8, 4) is 11.5 Å². The van der Waals surface area contributed by atoms with Crippen molar-refractivity contribution < 1.29 is 18.7 Å². The van der Waals surface area contributed by atoms with E-state index in [4.69, 9.17) is 15.2 Å². The second kappa shape index (κ2) is 6.13. The van der Waals surface area contributed by atoms with Crippen LogP contribution in [-0.2, 0) is 0 Å². The lowest BCUT2D eigenvalue weighted by Gasteiger charge is -2.11. The lowest BCUT2D eigenvalue weighted by molar-refractivity contribution is 0.102. The number of carbonyl (C=O) groups excluding carboxylic acids is 1. The molecule has 0 fully saturated rings. The first kappa shape index (κ1) is 14.6. The molecule has 0 radical (unpaired) electrons. The fraction of sp³-hybridized carbons (Fsp3) is 0.133. The zero-order chi connectivity index (χ0) is 15.4. The Morgan fingerprint density at radius 1 is 1.10 bits per heavy atom. The molecular formula is C15H15FN2O3. The maximum atomic E-state index is 13.1. The molecular weight excluding hydrogens is 275 g/mol. The number of nitrogens with one attached hydrogen (secondary N) is 1. The standard InChI is InChI=1S/C15H15FN2O3/c1-20-13-6-4-10(8-14(13)21-2)18-15(19)9-3-5-11(16)12(17)7-9/h3-8H,17H2,1-2H3,(H,18,19). The summed E-state index contributed by atoms with van der Waals surface area (Å²) in [5, 5.41) is 2.68. The number of nitrogen functional groups attached to an aromatic ring is 1. The number of ether oxygens (including phenoxy) is 2. The van der Waals surface area contributed by atoms with E-state index < -0.39 is 11.7 Å². The monoisotopic (exact) mass is 290 g/mol. The quantitative estimate of drug-likeness (QED) is 0.849. The van der Waals surface area contributed by atoms with Crippen LogP contribution in [-0.4, -0.2) is 20.1 Å². The van der Waals surface area contributed by atoms with Gasteiger partial charge in [0.25, 0.3) is 5.91 Å². The van der Waals surface area contributed by atoms with E-state index in [0.717, 1.165) is 6.07 Å². The van der Waals surface area contributed by atoms with Gasteiger partial charge in [-0.2, -0.15) is 0 Å². The van der Waals surface area contributed by atoms with Crippen molar-refractivity contribution in [3.05, 3.63) is 47.8 Å². The van der Waals surface area contributed by atoms with E-state index in [1.807, 2.05) is 0 Å². The number of hydrogen-bond donors (Lipinski definition) is 2. The highest BCUT2D eigenvalue weighted by molar-refractivity contribution is 6.04. The summed E-state index contributed by atoms with van der Waals surface area (Å²) in [6.45, 7) is 0. The lowest BCUT2D eigenvalue weighted by atomic mass is 10.1. The van der Waals surface area contributed by atoms with Crippen LogP contribution in [0.2, 0.25) is 0 Å². The second-order valence-electron chi connectivity index (χ2n) is 4.26. The number of nitrogens with two attached hydrogens (primary N) is 1. The van der Waals surface area contributed by atoms with Crippen molar-refractivity contribution in [2.45, 2.75) is 0 Å². The smallest absolute Gasteiger partial charge is 0.255 e. The fourth-order valence-corrected chi connectivity index (χ4v) is 1.80. The number of halogens is 1. The number of carbonyl (C=O) groups is 1. The van der Waals surface area contributed by atoms with Gasteiger partial charge in [0.05, 0.1) is 19.9 Å². The molecule has 0 aliphatic carbocycles. The molecule has 21 heavy (non-hydrogen) atoms. The molecule has 0 saturated heterocycles. The van der Waals surface area contributed by atoms with E-state index in [2.05, 4.69) is 5.32 Å². The molecule has 0 aromatic heterocycles. The second-order valence-corrected chi connectivity index (χ2v) is 4.26. The van der Waals surface area contributed by atoms with Crippen LogP contribution in [0.25, 0.3) is 0 Å². The van der Waals surface area contributed by atoms with E-state index in [9.17, 15) is 9.18 Å². The summed E-state index contributed by atoms with van der Waals surface area (Å²) in [4.78, 5) is 12.1. The molecule has 2 aromatic rings. The van der Waals surface area contributed by atoms with Crippen LogP contribution in [0, 0.1) is 5.82 Å². The fourth-order valence-electron chi connectivity index (χ4n) is 1.80. The summed E-state index contributed by atoms with van der Waals surface area (Å²) < 4.78 is 23.4. The minimum absolute atomic E-state index is 0.0741. The predicted molar refractivity (Wildman–Crippen MR) is 78.3 cm³/mol. The van der Waals surface area contributed by atoms with Crippen molar-refractivity contribution >= 4 is 17.3 Å². The van der Waals surface area contributed by atoms with Gasteiger partial charge in [0, 0.05) is 17.3 Å². The van der Waals surface area contributed by atoms with Gasteiger partial charge in [-0.05, 0) is 30.3 Å². The Morgan fingerprint density at radius 2 is 1.81 bits per heavy atom. The summed E-state index contributed by atoms with van der Waals surface area (Å²) in [5.74, 6) is 0.0991. The third kappa shape index (κ3) is 3.22. The summed E-state index contributed by atoms with van der Waals surface area (Å²) in [6.07, 6.45) is 0. The number of methoxy groups -OCH3 is 2. The van der Waals surface area contributed by atoms with Gasteiger partial charge in [-0.15, -0.1) is 0 Å². The average Bonchev–Trinajstić information content (AvgIpc) is 2.49. The normalized spacial score (nSPS) is 10.0. The van der Waals surface area contributed by atoms with Gasteiger partial charge >= 0.3 is 0 Å². The Balaban J connectivity index is 2.21. The Kier molecular flexibility index (Phi) is 4.27. The van der Waals surface area contributed by atoms with E-state index in [0.29, 0.717) is 17.2 Å². The first-order valence-corrected chi connectivity index (χ1v) is 6.13. The highest BCUT2D eigenvalue weighted by atomic mass is 19.1. The van der Waals surface area contributed by atoms with Gasteiger partial charge < -0.3 is 20.5 Å². The van der Waals surface area contributed by atoms with Crippen molar-refractivity contribution in [2.24, 2.45) is 0 Å². The zero-order valence-electron chi connectivity index (χ0n) is 11.6. The van der Waals surface area contributed by atoms with Crippen molar-refractivity contribution in [1.29, 1.82) is 0 Å². The molecule has 0 aliphatic rings. The Bertz CT molecular complexity index is 674. The molecule has 0 saturated carbocycles. The molecule has 2 rings (SSSR count). The van der Waals surface area contributed by atoms with Gasteiger partial charge in [-0.25, -0.2) is 4.39 Å². The molecule has 0 atom stereocenters. The van der Waals surface area contributed by atoms with Gasteiger partial charge in [0.2, 0.25) is 0 Å². The molecule has 0 aliphatic heterocycles. The maximum absolute atomic E-state index is 13.1. The number of rotatable bonds is 4. The van der Waals surface area contributed by atoms with Crippen molar-refractivity contribution in [1.82, 2.24) is 0 Å². The summed E-state index contributed by atoms with van der Waals surface area (Å²) >= 11 is 0. The minimum atomic E-state index is -0.558. The average molecular weight is 290 g/mol. The van der Waals surface area contributed by atoms with Gasteiger partial charge in [0.1, 0.15) is 5.82 Å². The van der Waals surface area contributed by atoms with E-state index in [1.165, 1.54) is 26.4 Å². The number of anilines is 2. The summed E-state index contributed by atoms with van der Waals surface area (Å²) in [6, 6.07) is 8.77. The summed E-state index contributed by atoms with van der Waals surface area (Å²) in [7, 11) is 3.03.